The number of fused-ring (bicyclic) bond motifs is 2. The highest BCUT2D eigenvalue weighted by molar-refractivity contribution is 6.30. The Bertz CT molecular complexity index is 1130. The van der Waals surface area contributed by atoms with Crippen molar-refractivity contribution >= 4 is 35.2 Å². The zero-order valence-corrected chi connectivity index (χ0v) is 18.7. The zero-order valence-electron chi connectivity index (χ0n) is 18.0. The second-order valence-corrected chi connectivity index (χ2v) is 8.85. The van der Waals surface area contributed by atoms with Crippen molar-refractivity contribution in [2.45, 2.75) is 32.3 Å². The lowest BCUT2D eigenvalue weighted by Crippen LogP contribution is -2.30. The molecule has 3 aliphatic rings. The van der Waals surface area contributed by atoms with Crippen molar-refractivity contribution in [2.24, 2.45) is 5.92 Å². The Morgan fingerprint density at radius 2 is 2.09 bits per heavy atom. The number of ether oxygens (including phenoxy) is 2. The summed E-state index contributed by atoms with van der Waals surface area (Å²) in [6, 6.07) is 3.34. The molecule has 0 radical (unpaired) electrons. The van der Waals surface area contributed by atoms with Crippen molar-refractivity contribution in [1.82, 2.24) is 15.3 Å². The number of aromatic nitrogens is 2. The third-order valence-corrected chi connectivity index (χ3v) is 6.45. The van der Waals surface area contributed by atoms with E-state index in [-0.39, 0.29) is 30.4 Å². The highest BCUT2D eigenvalue weighted by Crippen LogP contribution is 2.34. The largest absolute Gasteiger partial charge is 0.480 e. The lowest BCUT2D eigenvalue weighted by molar-refractivity contribution is -0.118. The molecule has 9 nitrogen and oxygen atoms in total. The van der Waals surface area contributed by atoms with Crippen LogP contribution in [0.1, 0.15) is 23.2 Å². The molecule has 33 heavy (non-hydrogen) atoms. The monoisotopic (exact) mass is 475 g/mol. The van der Waals surface area contributed by atoms with Crippen molar-refractivity contribution in [3.63, 3.8) is 0 Å². The smallest absolute Gasteiger partial charge is 0.415 e. The summed E-state index contributed by atoms with van der Waals surface area (Å²) < 4.78 is 25.1. The molecule has 0 aromatic carbocycles. The average molecular weight is 476 g/mol. The topological polar surface area (TPSA) is 106 Å². The van der Waals surface area contributed by atoms with Gasteiger partial charge in [0.1, 0.15) is 22.9 Å². The Kier molecular flexibility index (Phi) is 5.79. The zero-order chi connectivity index (χ0) is 23.1. The first-order valence-electron chi connectivity index (χ1n) is 10.8. The van der Waals surface area contributed by atoms with E-state index in [9.17, 15) is 14.0 Å². The number of amides is 2. The van der Waals surface area contributed by atoms with E-state index in [0.29, 0.717) is 72.7 Å². The van der Waals surface area contributed by atoms with Gasteiger partial charge in [0.2, 0.25) is 0 Å². The number of anilines is 2. The molecule has 1 saturated heterocycles. The molecule has 4 heterocycles. The summed E-state index contributed by atoms with van der Waals surface area (Å²) in [4.78, 5) is 33.7. The predicted octanol–water partition coefficient (Wildman–Crippen LogP) is 2.63. The van der Waals surface area contributed by atoms with Gasteiger partial charge in [-0.2, -0.15) is 0 Å². The van der Waals surface area contributed by atoms with E-state index < -0.39 is 6.09 Å². The predicted molar refractivity (Wildman–Crippen MR) is 118 cm³/mol. The third-order valence-electron chi connectivity index (χ3n) is 6.13. The molecule has 2 unspecified atom stereocenters. The van der Waals surface area contributed by atoms with E-state index in [1.807, 2.05) is 0 Å². The minimum atomic E-state index is -0.477. The first-order chi connectivity index (χ1) is 15.9. The molecule has 1 fully saturated rings. The molecule has 0 saturated carbocycles. The first-order valence-corrected chi connectivity index (χ1v) is 11.2. The molecule has 2 amide bonds. The summed E-state index contributed by atoms with van der Waals surface area (Å²) >= 11 is 6.20. The summed E-state index contributed by atoms with van der Waals surface area (Å²) in [6.45, 7) is 3.29. The summed E-state index contributed by atoms with van der Waals surface area (Å²) in [5.74, 6) is 0.856. The second-order valence-electron chi connectivity index (χ2n) is 8.50. The summed E-state index contributed by atoms with van der Waals surface area (Å²) in [5, 5.41) is 6.41. The van der Waals surface area contributed by atoms with Crippen molar-refractivity contribution in [3.05, 3.63) is 39.9 Å². The van der Waals surface area contributed by atoms with Gasteiger partial charge in [-0.3, -0.25) is 9.69 Å². The standard InChI is InChI=1S/C22H23ClFN5O4/c1-11-19(24)14-6-12(7-15(14)20(23)26-11)8-25-5-4-13-9-29(22(31)33-13)17-3-2-16-21(27-17)28-18(30)10-32-16/h2-3,12-13,25H,4-10H2,1H3,(H,27,28,30). The second kappa shape index (κ2) is 8.75. The lowest BCUT2D eigenvalue weighted by atomic mass is 10.1. The van der Waals surface area contributed by atoms with Gasteiger partial charge in [0.15, 0.2) is 18.2 Å². The number of rotatable bonds is 6. The van der Waals surface area contributed by atoms with Gasteiger partial charge in [0, 0.05) is 0 Å². The number of nitrogens with one attached hydrogen (secondary N) is 2. The van der Waals surface area contributed by atoms with E-state index in [1.165, 1.54) is 4.90 Å². The van der Waals surface area contributed by atoms with Crippen LogP contribution >= 0.6 is 11.6 Å². The quantitative estimate of drug-likeness (QED) is 0.488. The Hall–Kier alpha value is -2.98. The molecule has 2 N–H and O–H groups in total. The van der Waals surface area contributed by atoms with Crippen molar-refractivity contribution < 1.29 is 23.5 Å². The molecule has 2 aromatic heterocycles. The van der Waals surface area contributed by atoms with Crippen molar-refractivity contribution in [2.75, 3.05) is 36.5 Å². The van der Waals surface area contributed by atoms with E-state index in [1.54, 1.807) is 19.1 Å². The molecule has 2 atom stereocenters. The van der Waals surface area contributed by atoms with Crippen molar-refractivity contribution in [1.29, 1.82) is 0 Å². The maximum Gasteiger partial charge on any atom is 0.415 e. The number of hydrogen-bond donors (Lipinski definition) is 2. The molecule has 5 rings (SSSR count). The van der Waals surface area contributed by atoms with E-state index in [4.69, 9.17) is 21.1 Å². The van der Waals surface area contributed by atoms with Crippen LogP contribution in [0.3, 0.4) is 0 Å². The average Bonchev–Trinajstić information content (AvgIpc) is 3.38. The Morgan fingerprint density at radius 3 is 2.94 bits per heavy atom. The summed E-state index contributed by atoms with van der Waals surface area (Å²) in [6.07, 6.45) is 1.20. The Morgan fingerprint density at radius 1 is 1.27 bits per heavy atom. The summed E-state index contributed by atoms with van der Waals surface area (Å²) in [7, 11) is 0. The van der Waals surface area contributed by atoms with Gasteiger partial charge in [-0.25, -0.2) is 19.2 Å². The lowest BCUT2D eigenvalue weighted by Gasteiger charge is -2.19. The maximum atomic E-state index is 14.3. The number of halogens is 2. The van der Waals surface area contributed by atoms with Crippen LogP contribution in [-0.2, 0) is 22.4 Å². The van der Waals surface area contributed by atoms with Crippen LogP contribution in [-0.4, -0.2) is 54.3 Å². The molecule has 0 bridgehead atoms. The van der Waals surface area contributed by atoms with E-state index >= 15 is 0 Å². The Balaban J connectivity index is 1.11. The van der Waals surface area contributed by atoms with E-state index in [0.717, 1.165) is 5.56 Å². The fourth-order valence-corrected chi connectivity index (χ4v) is 4.80. The maximum absolute atomic E-state index is 14.3. The summed E-state index contributed by atoms with van der Waals surface area (Å²) in [5.41, 5.74) is 1.83. The molecule has 0 spiro atoms. The van der Waals surface area contributed by atoms with Gasteiger partial charge in [-0.15, -0.1) is 0 Å². The molecular weight excluding hydrogens is 453 g/mol. The number of aryl methyl sites for hydroxylation is 1. The molecule has 2 aliphatic heterocycles. The number of pyridine rings is 2. The molecule has 174 valence electrons. The number of cyclic esters (lactones) is 1. The van der Waals surface area contributed by atoms with Crippen LogP contribution in [0.4, 0.5) is 20.8 Å². The van der Waals surface area contributed by atoms with Crippen LogP contribution in [0, 0.1) is 18.7 Å². The third kappa shape index (κ3) is 4.32. The SMILES string of the molecule is Cc1nc(Cl)c2c(c1F)CC(CNCCC1CN(c3ccc4c(n3)NC(=O)CO4)C(=O)O1)C2. The van der Waals surface area contributed by atoms with Gasteiger partial charge in [-0.1, -0.05) is 11.6 Å². The first kappa shape index (κ1) is 21.8. The van der Waals surface area contributed by atoms with Crippen LogP contribution in [0.5, 0.6) is 5.75 Å². The van der Waals surface area contributed by atoms with Gasteiger partial charge < -0.3 is 20.1 Å². The van der Waals surface area contributed by atoms with Crippen LogP contribution < -0.4 is 20.3 Å². The number of hydrogen-bond acceptors (Lipinski definition) is 7. The van der Waals surface area contributed by atoms with Gasteiger partial charge in [-0.05, 0) is 68.5 Å². The van der Waals surface area contributed by atoms with Gasteiger partial charge in [0.05, 0.1) is 12.2 Å². The van der Waals surface area contributed by atoms with Crippen LogP contribution in [0.25, 0.3) is 0 Å². The highest BCUT2D eigenvalue weighted by atomic mass is 35.5. The minimum absolute atomic E-state index is 0.0552. The molecule has 11 heteroatoms. The number of carbonyl (C=O) groups excluding carboxylic acids is 2. The molecular formula is C22H23ClFN5O4. The van der Waals surface area contributed by atoms with Crippen molar-refractivity contribution in [3.8, 4) is 5.75 Å². The molecule has 1 aliphatic carbocycles. The van der Waals surface area contributed by atoms with Crippen LogP contribution in [0.15, 0.2) is 12.1 Å². The fraction of sp³-hybridized carbons (Fsp3) is 0.455. The fourth-order valence-electron chi connectivity index (χ4n) is 4.49. The van der Waals surface area contributed by atoms with Crippen LogP contribution in [0.2, 0.25) is 5.15 Å². The van der Waals surface area contributed by atoms with Gasteiger partial charge in [0.25, 0.3) is 5.91 Å². The highest BCUT2D eigenvalue weighted by Gasteiger charge is 2.34. The Labute approximate surface area is 194 Å². The normalized spacial score (nSPS) is 21.4. The number of carbonyl (C=O) groups is 2. The van der Waals surface area contributed by atoms with Gasteiger partial charge >= 0.3 is 6.09 Å². The number of nitrogens with zero attached hydrogens (tertiary/aromatic N) is 3. The van der Waals surface area contributed by atoms with E-state index in [2.05, 4.69) is 20.6 Å². The molecule has 2 aromatic rings. The minimum Gasteiger partial charge on any atom is -0.480 e.